The molecule has 0 aromatic carbocycles. The first-order valence-electron chi connectivity index (χ1n) is 14.1. The van der Waals surface area contributed by atoms with Gasteiger partial charge in [-0.1, -0.05) is 16.9 Å². The number of β-lactam (4-membered cyclic amide) rings is 1. The number of hydrogen-bond donors (Lipinski definition) is 3. The van der Waals surface area contributed by atoms with Gasteiger partial charge in [0, 0.05) is 62.2 Å². The van der Waals surface area contributed by atoms with E-state index in [-0.39, 0.29) is 22.2 Å². The van der Waals surface area contributed by atoms with Gasteiger partial charge in [-0.15, -0.1) is 28.2 Å². The van der Waals surface area contributed by atoms with Crippen molar-refractivity contribution in [3.63, 3.8) is 0 Å². The molecule has 0 spiro atoms. The Kier molecular flexibility index (Phi) is 10.4. The Morgan fingerprint density at radius 1 is 1.27 bits per heavy atom. The first kappa shape index (κ1) is 32.1. The number of fused-ring (bicyclic) bond motifs is 1. The molecule has 4 N–H and O–H groups in total. The number of piperazine rings is 1. The van der Waals surface area contributed by atoms with E-state index in [1.54, 1.807) is 10.1 Å². The number of carbonyl (C=O) groups is 3. The Bertz CT molecular complexity index is 1440. The molecule has 2 saturated heterocycles. The minimum absolute atomic E-state index is 0.0747. The Labute approximate surface area is 266 Å². The summed E-state index contributed by atoms with van der Waals surface area (Å²) in [7, 11) is 1.29. The highest BCUT2D eigenvalue weighted by Gasteiger charge is 2.54. The molecule has 1 unspecified atom stereocenters. The summed E-state index contributed by atoms with van der Waals surface area (Å²) in [5.74, 6) is -1.75. The van der Waals surface area contributed by atoms with E-state index in [2.05, 4.69) is 54.6 Å². The largest absolute Gasteiger partial charge is 0.477 e. The van der Waals surface area contributed by atoms with Gasteiger partial charge in [0.15, 0.2) is 10.8 Å². The maximum absolute atomic E-state index is 13.1. The Balaban J connectivity index is 1.17. The van der Waals surface area contributed by atoms with Gasteiger partial charge in [-0.25, -0.2) is 14.5 Å². The Morgan fingerprint density at radius 3 is 2.70 bits per heavy atom. The van der Waals surface area contributed by atoms with Crippen LogP contribution in [0.2, 0.25) is 0 Å². The zero-order chi connectivity index (χ0) is 31.4. The molecule has 2 aromatic heterocycles. The molecule has 238 valence electrons. The predicted octanol–water partition coefficient (Wildman–Crippen LogP) is 0.00930. The lowest BCUT2D eigenvalue weighted by atomic mass is 10.0. The van der Waals surface area contributed by atoms with Crippen LogP contribution in [0.5, 0.6) is 0 Å². The number of hydrogen-bond acceptors (Lipinski definition) is 15. The quantitative estimate of drug-likeness (QED) is 0.112. The van der Waals surface area contributed by atoms with E-state index < -0.39 is 29.2 Å². The predicted molar refractivity (Wildman–Crippen MR) is 166 cm³/mol. The first-order valence-corrected chi connectivity index (χ1v) is 17.0. The molecule has 5 heterocycles. The molecule has 5 rings (SSSR count). The highest BCUT2D eigenvalue weighted by atomic mass is 32.2. The van der Waals surface area contributed by atoms with Crippen molar-refractivity contribution in [3.8, 4) is 0 Å². The van der Waals surface area contributed by atoms with Gasteiger partial charge in [0.25, 0.3) is 11.8 Å². The van der Waals surface area contributed by atoms with Gasteiger partial charge in [-0.3, -0.25) is 19.4 Å². The normalized spacial score (nSPS) is 21.4. The number of oxime groups is 1. The van der Waals surface area contributed by atoms with Crippen LogP contribution in [0.1, 0.15) is 26.0 Å². The highest BCUT2D eigenvalue weighted by Crippen LogP contribution is 2.41. The van der Waals surface area contributed by atoms with E-state index in [0.717, 1.165) is 50.5 Å². The number of anilines is 1. The fourth-order valence-electron chi connectivity index (χ4n) is 5.24. The number of nitrogen functional groups attached to an aromatic ring is 1. The summed E-state index contributed by atoms with van der Waals surface area (Å²) in [6, 6.07) is -0.372. The van der Waals surface area contributed by atoms with E-state index in [4.69, 9.17) is 10.6 Å². The second kappa shape index (κ2) is 14.2. The Hall–Kier alpha value is -3.26. The number of thioether (sulfide) groups is 2. The van der Waals surface area contributed by atoms with Crippen LogP contribution in [0.15, 0.2) is 27.0 Å². The molecule has 0 aliphatic carbocycles. The lowest BCUT2D eigenvalue weighted by molar-refractivity contribution is -0.150. The number of nitrogens with one attached hydrogen (secondary N) is 1. The highest BCUT2D eigenvalue weighted by molar-refractivity contribution is 8.01. The van der Waals surface area contributed by atoms with E-state index in [1.807, 2.05) is 0 Å². The molecule has 3 aliphatic heterocycles. The number of carboxylic acids is 1. The smallest absolute Gasteiger partial charge is 0.352 e. The van der Waals surface area contributed by atoms with Gasteiger partial charge < -0.3 is 25.9 Å². The van der Waals surface area contributed by atoms with Crippen molar-refractivity contribution in [1.29, 1.82) is 0 Å². The van der Waals surface area contributed by atoms with E-state index in [0.29, 0.717) is 34.8 Å². The van der Waals surface area contributed by atoms with Crippen LogP contribution >= 0.6 is 34.9 Å². The molecule has 19 heteroatoms. The van der Waals surface area contributed by atoms with Crippen molar-refractivity contribution in [2.75, 3.05) is 57.1 Å². The summed E-state index contributed by atoms with van der Waals surface area (Å²) in [6.07, 6.45) is 0.892. The van der Waals surface area contributed by atoms with Crippen LogP contribution in [0, 0.1) is 0 Å². The molecule has 0 saturated carbocycles. The topological polar surface area (TPSA) is 197 Å². The average molecular weight is 666 g/mol. The van der Waals surface area contributed by atoms with E-state index >= 15 is 0 Å². The molecule has 16 nitrogen and oxygen atoms in total. The van der Waals surface area contributed by atoms with Crippen molar-refractivity contribution in [1.82, 2.24) is 45.2 Å². The zero-order valence-electron chi connectivity index (χ0n) is 24.6. The third kappa shape index (κ3) is 7.01. The van der Waals surface area contributed by atoms with Crippen molar-refractivity contribution < 1.29 is 24.3 Å². The molecule has 0 bridgehead atoms. The van der Waals surface area contributed by atoms with Crippen LogP contribution in [-0.4, -0.2) is 137 Å². The van der Waals surface area contributed by atoms with E-state index in [1.165, 1.54) is 35.5 Å². The van der Waals surface area contributed by atoms with Crippen molar-refractivity contribution in [2.45, 2.75) is 49.4 Å². The SMILES string of the molecule is CON=C(C(=O)NC1C(=O)N2C(C(=O)O)=C(CSc3nnnn3CCCN3CCN(C(C)C)CC3)CS[C@H]12)c1csc(N)n1. The summed E-state index contributed by atoms with van der Waals surface area (Å²) in [5, 5.41) is 30.3. The van der Waals surface area contributed by atoms with Crippen LogP contribution in [0.4, 0.5) is 5.13 Å². The monoisotopic (exact) mass is 665 g/mol. The molecule has 0 radical (unpaired) electrons. The molecular formula is C25H35N11O5S3. The third-order valence-corrected chi connectivity index (χ3v) is 10.6. The number of aliphatic carboxylic acids is 1. The van der Waals surface area contributed by atoms with Crippen molar-refractivity contribution >= 4 is 63.5 Å². The maximum Gasteiger partial charge on any atom is 0.352 e. The van der Waals surface area contributed by atoms with Crippen LogP contribution in [0.25, 0.3) is 0 Å². The number of aryl methyl sites for hydroxylation is 1. The summed E-state index contributed by atoms with van der Waals surface area (Å²) < 4.78 is 1.74. The molecule has 44 heavy (non-hydrogen) atoms. The summed E-state index contributed by atoms with van der Waals surface area (Å²) in [4.78, 5) is 53.5. The minimum Gasteiger partial charge on any atom is -0.477 e. The molecule has 2 aromatic rings. The van der Waals surface area contributed by atoms with Gasteiger partial charge in [0.2, 0.25) is 5.16 Å². The van der Waals surface area contributed by atoms with Gasteiger partial charge in [0.05, 0.1) is 0 Å². The van der Waals surface area contributed by atoms with Gasteiger partial charge in [-0.2, -0.15) is 0 Å². The molecular weight excluding hydrogens is 631 g/mol. The van der Waals surface area contributed by atoms with Crippen LogP contribution < -0.4 is 11.1 Å². The molecule has 2 amide bonds. The second-order valence-electron chi connectivity index (χ2n) is 10.6. The number of nitrogens with zero attached hydrogens (tertiary/aromatic N) is 9. The third-order valence-electron chi connectivity index (χ3n) is 7.55. The maximum atomic E-state index is 13.1. The van der Waals surface area contributed by atoms with E-state index in [9.17, 15) is 19.5 Å². The van der Waals surface area contributed by atoms with Crippen LogP contribution in [0.3, 0.4) is 0 Å². The molecule has 2 atom stereocenters. The number of nitrogens with two attached hydrogens (primary N) is 1. The Morgan fingerprint density at radius 2 is 2.05 bits per heavy atom. The van der Waals surface area contributed by atoms with Crippen LogP contribution in [-0.2, 0) is 25.8 Å². The number of carboxylic acid groups (broad SMARTS) is 1. The van der Waals surface area contributed by atoms with Gasteiger partial charge >= 0.3 is 5.97 Å². The standard InChI is InChI=1S/C25H35N11O5S3/c1-14(2)34-9-7-33(8-10-34)5-4-6-35-25(29-31-32-35)44-12-15-11-42-22-18(21(38)36(22)19(15)23(39)40)28-20(37)17(30-41-3)16-13-43-24(26)27-16/h13-14,18,22H,4-12H2,1-3H3,(H2,26,27)(H,28,37)(H,39,40)/t18?,22-/m1/s1. The lowest BCUT2D eigenvalue weighted by Gasteiger charge is -2.49. The number of carbonyl (C=O) groups excluding carboxylic acids is 2. The summed E-state index contributed by atoms with van der Waals surface area (Å²) in [6.45, 7) is 10.3. The number of rotatable bonds is 13. The number of aromatic nitrogens is 5. The van der Waals surface area contributed by atoms with Crippen molar-refractivity contribution in [3.05, 3.63) is 22.3 Å². The number of amides is 2. The molecule has 3 aliphatic rings. The van der Waals surface area contributed by atoms with Gasteiger partial charge in [-0.05, 0) is 36.3 Å². The summed E-state index contributed by atoms with van der Waals surface area (Å²) >= 11 is 3.85. The first-order chi connectivity index (χ1) is 21.2. The second-order valence-corrected chi connectivity index (χ2v) is 13.5. The lowest BCUT2D eigenvalue weighted by Crippen LogP contribution is -2.71. The number of tetrazole rings is 1. The molecule has 2 fully saturated rings. The van der Waals surface area contributed by atoms with Crippen molar-refractivity contribution in [2.24, 2.45) is 5.16 Å². The zero-order valence-corrected chi connectivity index (χ0v) is 27.0. The van der Waals surface area contributed by atoms with Gasteiger partial charge in [0.1, 0.15) is 29.9 Å². The number of thiazole rings is 1. The average Bonchev–Trinajstić information content (AvgIpc) is 3.65. The fourth-order valence-corrected chi connectivity index (χ4v) is 8.17. The minimum atomic E-state index is -1.21. The fraction of sp³-hybridized carbons (Fsp3) is 0.600. The summed E-state index contributed by atoms with van der Waals surface area (Å²) in [5.41, 5.74) is 6.27.